The fourth-order valence-electron chi connectivity index (χ4n) is 4.62. The molecule has 1 fully saturated rings. The molecule has 7 nitrogen and oxygen atoms in total. The second-order valence-electron chi connectivity index (χ2n) is 8.80. The number of amides is 1. The van der Waals surface area contributed by atoms with Gasteiger partial charge in [-0.15, -0.1) is 11.3 Å². The van der Waals surface area contributed by atoms with Crippen LogP contribution < -0.4 is 18.9 Å². The molecule has 3 aromatic rings. The van der Waals surface area contributed by atoms with Gasteiger partial charge in [0.1, 0.15) is 29.5 Å². The second kappa shape index (κ2) is 9.56. The van der Waals surface area contributed by atoms with Gasteiger partial charge in [0.05, 0.1) is 37.7 Å². The number of hydrogen-bond acceptors (Lipinski definition) is 6. The van der Waals surface area contributed by atoms with E-state index in [1.165, 1.54) is 0 Å². The van der Waals surface area contributed by atoms with Crippen LogP contribution in [0, 0.1) is 0 Å². The van der Waals surface area contributed by atoms with Crippen molar-refractivity contribution in [2.75, 3.05) is 52.3 Å². The highest BCUT2D eigenvalue weighted by atomic mass is 32.1. The van der Waals surface area contributed by atoms with Crippen molar-refractivity contribution in [2.24, 2.45) is 0 Å². The maximum Gasteiger partial charge on any atom is 0.260 e. The Morgan fingerprint density at radius 3 is 2.26 bits per heavy atom. The zero-order valence-electron chi connectivity index (χ0n) is 20.2. The Labute approximate surface area is 209 Å². The Morgan fingerprint density at radius 1 is 0.971 bits per heavy atom. The van der Waals surface area contributed by atoms with Gasteiger partial charge in [0.25, 0.3) is 5.91 Å². The first-order chi connectivity index (χ1) is 17.0. The van der Waals surface area contributed by atoms with Crippen LogP contribution in [0.4, 0.5) is 11.5 Å². The van der Waals surface area contributed by atoms with Crippen LogP contribution in [0.5, 0.6) is 11.5 Å². The quantitative estimate of drug-likeness (QED) is 0.481. The number of piperazine rings is 1. The molecule has 0 radical (unpaired) electrons. The van der Waals surface area contributed by atoms with Crippen LogP contribution in [0.25, 0.3) is 5.57 Å². The first kappa shape index (κ1) is 23.1. The van der Waals surface area contributed by atoms with E-state index in [2.05, 4.69) is 35.3 Å². The lowest BCUT2D eigenvalue weighted by Gasteiger charge is -2.36. The van der Waals surface area contributed by atoms with E-state index in [1.54, 1.807) is 25.6 Å². The molecule has 180 valence electrons. The Balaban J connectivity index is 1.38. The molecule has 0 aliphatic carbocycles. The number of carbonyl (C=O) groups excluding carboxylic acids is 1. The van der Waals surface area contributed by atoms with Crippen LogP contribution in [0.2, 0.25) is 0 Å². The third-order valence-electron chi connectivity index (χ3n) is 6.58. The first-order valence-electron chi connectivity index (χ1n) is 11.5. The molecule has 2 aromatic carbocycles. The molecule has 35 heavy (non-hydrogen) atoms. The maximum atomic E-state index is 13.8. The minimum Gasteiger partial charge on any atom is -0.497 e. The number of aromatic nitrogens is 1. The third kappa shape index (κ3) is 4.54. The smallest absolute Gasteiger partial charge is 0.260 e. The van der Waals surface area contributed by atoms with E-state index in [1.807, 2.05) is 58.4 Å². The first-order valence-corrected chi connectivity index (χ1v) is 12.5. The summed E-state index contributed by atoms with van der Waals surface area (Å²) in [5.41, 5.74) is 5.57. The summed E-state index contributed by atoms with van der Waals surface area (Å²) < 4.78 is 11.2. The average molecular weight is 490 g/mol. The van der Waals surface area contributed by atoms with E-state index < -0.39 is 0 Å². The third-order valence-corrected chi connectivity index (χ3v) is 7.16. The molecule has 0 spiro atoms. The summed E-state index contributed by atoms with van der Waals surface area (Å²) in [5.74, 6) is 2.47. The van der Waals surface area contributed by atoms with Crippen molar-refractivity contribution >= 4 is 34.3 Å². The zero-order chi connectivity index (χ0) is 24.4. The molecule has 2 aliphatic heterocycles. The molecule has 1 atom stereocenters. The van der Waals surface area contributed by atoms with E-state index in [0.29, 0.717) is 17.6 Å². The Hall–Kier alpha value is -3.62. The van der Waals surface area contributed by atoms with Gasteiger partial charge in [-0.25, -0.2) is 4.48 Å². The van der Waals surface area contributed by atoms with Crippen LogP contribution in [-0.4, -0.2) is 63.2 Å². The Morgan fingerprint density at radius 2 is 1.66 bits per heavy atom. The molecule has 1 saturated heterocycles. The summed E-state index contributed by atoms with van der Waals surface area (Å²) in [6, 6.07) is 16.0. The van der Waals surface area contributed by atoms with E-state index >= 15 is 0 Å². The Bertz CT molecular complexity index is 1240. The summed E-state index contributed by atoms with van der Waals surface area (Å²) in [6.07, 6.45) is 4.15. The second-order valence-corrected chi connectivity index (χ2v) is 9.51. The Kier molecular flexibility index (Phi) is 6.32. The minimum atomic E-state index is 0.0556. The van der Waals surface area contributed by atoms with Gasteiger partial charge in [-0.05, 0) is 5.56 Å². The minimum absolute atomic E-state index is 0.0556. The maximum absolute atomic E-state index is 13.8. The zero-order valence-corrected chi connectivity index (χ0v) is 21.0. The van der Waals surface area contributed by atoms with E-state index in [-0.39, 0.29) is 5.91 Å². The largest absolute Gasteiger partial charge is 0.497 e. The van der Waals surface area contributed by atoms with Crippen molar-refractivity contribution < 1.29 is 14.3 Å². The van der Waals surface area contributed by atoms with Crippen molar-refractivity contribution in [3.05, 3.63) is 83.0 Å². The molecule has 8 heteroatoms. The number of rotatable bonds is 6. The van der Waals surface area contributed by atoms with Crippen molar-refractivity contribution in [3.63, 3.8) is 0 Å². The van der Waals surface area contributed by atoms with E-state index in [0.717, 1.165) is 52.8 Å². The highest BCUT2D eigenvalue weighted by Crippen LogP contribution is 2.38. The highest BCUT2D eigenvalue weighted by molar-refractivity contribution is 7.07. The van der Waals surface area contributed by atoms with Gasteiger partial charge >= 0.3 is 0 Å². The summed E-state index contributed by atoms with van der Waals surface area (Å²) >= 11 is 1.56. The predicted octanol–water partition coefficient (Wildman–Crippen LogP) is 4.38. The van der Waals surface area contributed by atoms with Gasteiger partial charge in [0, 0.05) is 50.1 Å². The normalized spacial score (nSPS) is 19.9. The topological polar surface area (TPSA) is 54.9 Å². The van der Waals surface area contributed by atoms with E-state index in [9.17, 15) is 4.79 Å². The van der Waals surface area contributed by atoms with Gasteiger partial charge in [-0.3, -0.25) is 4.79 Å². The number of methoxy groups -OCH3 is 2. The SMILES string of the molecule is COc1cc(OC)cc(N2CCN(C(=O)C3=C[N+](C)(c4cscn4)C=C3c3ccccc3)CC2)c1. The van der Waals surface area contributed by atoms with Crippen LogP contribution in [-0.2, 0) is 4.79 Å². The highest BCUT2D eigenvalue weighted by Gasteiger charge is 2.38. The number of hydrogen-bond donors (Lipinski definition) is 0. The number of thiazole rings is 1. The molecule has 3 heterocycles. The predicted molar refractivity (Wildman–Crippen MR) is 141 cm³/mol. The van der Waals surface area contributed by atoms with E-state index in [4.69, 9.17) is 9.47 Å². The monoisotopic (exact) mass is 489 g/mol. The standard InChI is InChI=1S/C27H29N4O3S/c1-31(26-18-35-19-28-26)16-24(20-7-5-4-6-8-20)25(17-31)27(32)30-11-9-29(10-12-30)21-13-22(33-2)15-23(14-21)34-3/h4-8,13-19H,9-12H2,1-3H3/q+1. The lowest BCUT2D eigenvalue weighted by atomic mass is 9.99. The molecule has 0 saturated carbocycles. The molecule has 0 N–H and O–H groups in total. The van der Waals surface area contributed by atoms with Crippen LogP contribution in [0.15, 0.2) is 77.4 Å². The van der Waals surface area contributed by atoms with Crippen LogP contribution in [0.1, 0.15) is 5.56 Å². The number of ether oxygens (including phenoxy) is 2. The number of anilines is 1. The fraction of sp³-hybridized carbons (Fsp3) is 0.259. The molecule has 0 bridgehead atoms. The summed E-state index contributed by atoms with van der Waals surface area (Å²) in [5, 5.41) is 2.03. The lowest BCUT2D eigenvalue weighted by molar-refractivity contribution is -0.127. The number of benzene rings is 2. The number of carbonyl (C=O) groups is 1. The molecular weight excluding hydrogens is 460 g/mol. The van der Waals surface area contributed by atoms with Gasteiger partial charge in [0.2, 0.25) is 5.82 Å². The van der Waals surface area contributed by atoms with Crippen molar-refractivity contribution in [2.45, 2.75) is 0 Å². The lowest BCUT2D eigenvalue weighted by Crippen LogP contribution is -2.49. The summed E-state index contributed by atoms with van der Waals surface area (Å²) in [6.45, 7) is 2.74. The fourth-order valence-corrected chi connectivity index (χ4v) is 5.26. The molecule has 1 aromatic heterocycles. The van der Waals surface area contributed by atoms with Gasteiger partial charge in [-0.1, -0.05) is 30.3 Å². The number of nitrogens with zero attached hydrogens (tertiary/aromatic N) is 4. The molecule has 1 amide bonds. The van der Waals surface area contributed by atoms with Crippen molar-refractivity contribution in [3.8, 4) is 11.5 Å². The van der Waals surface area contributed by atoms with Crippen molar-refractivity contribution in [1.29, 1.82) is 0 Å². The van der Waals surface area contributed by atoms with Gasteiger partial charge < -0.3 is 19.3 Å². The molecule has 2 aliphatic rings. The van der Waals surface area contributed by atoms with Gasteiger partial charge in [0.15, 0.2) is 0 Å². The van der Waals surface area contributed by atoms with Crippen molar-refractivity contribution in [1.82, 2.24) is 14.4 Å². The molecule has 1 unspecified atom stereocenters. The summed E-state index contributed by atoms with van der Waals surface area (Å²) in [7, 11) is 5.37. The molecule has 5 rings (SSSR count). The summed E-state index contributed by atoms with van der Waals surface area (Å²) in [4.78, 5) is 22.6. The van der Waals surface area contributed by atoms with Gasteiger partial charge in [-0.2, -0.15) is 4.98 Å². The molecular formula is C27H29N4O3S+. The average Bonchev–Trinajstić information content (AvgIpc) is 3.58. The van der Waals surface area contributed by atoms with Crippen LogP contribution >= 0.6 is 11.3 Å². The number of quaternary nitrogens is 1. The van der Waals surface area contributed by atoms with Crippen LogP contribution in [0.3, 0.4) is 0 Å².